The van der Waals surface area contributed by atoms with Gasteiger partial charge in [-0.05, 0) is 31.0 Å². The summed E-state index contributed by atoms with van der Waals surface area (Å²) in [5, 5.41) is 6.88. The standard InChI is InChI=1S/C14H15F3N4/c15-14(16,17)10-5-9(6-11(18)7-10)13-19-12(20-21-13)8-3-1-2-4-8/h5-8H,1-4,18H2,(H,19,20,21). The summed E-state index contributed by atoms with van der Waals surface area (Å²) in [6.45, 7) is 0. The third kappa shape index (κ3) is 2.86. The maximum absolute atomic E-state index is 12.8. The number of H-pyrrole nitrogens is 1. The van der Waals surface area contributed by atoms with Gasteiger partial charge in [0, 0.05) is 17.2 Å². The molecule has 3 rings (SSSR count). The van der Waals surface area contributed by atoms with Crippen LogP contribution in [0.1, 0.15) is 43.0 Å². The van der Waals surface area contributed by atoms with Crippen LogP contribution in [0.25, 0.3) is 11.4 Å². The molecular formula is C14H15F3N4. The number of nitrogens with zero attached hydrogens (tertiary/aromatic N) is 2. The first kappa shape index (κ1) is 13.9. The number of nitrogens with one attached hydrogen (secondary N) is 1. The first-order chi connectivity index (χ1) is 9.93. The van der Waals surface area contributed by atoms with Crippen molar-refractivity contribution >= 4 is 5.69 Å². The fourth-order valence-electron chi connectivity index (χ4n) is 2.73. The second-order valence-corrected chi connectivity index (χ2v) is 5.37. The molecule has 1 fully saturated rings. The highest BCUT2D eigenvalue weighted by Crippen LogP contribution is 2.35. The number of nitrogen functional groups attached to an aromatic ring is 1. The summed E-state index contributed by atoms with van der Waals surface area (Å²) in [4.78, 5) is 4.34. The van der Waals surface area contributed by atoms with Crippen LogP contribution >= 0.6 is 0 Å². The average Bonchev–Trinajstić information content (AvgIpc) is 3.08. The van der Waals surface area contributed by atoms with Crippen LogP contribution in [0.15, 0.2) is 18.2 Å². The molecule has 0 aliphatic heterocycles. The van der Waals surface area contributed by atoms with E-state index >= 15 is 0 Å². The lowest BCUT2D eigenvalue weighted by atomic mass is 10.1. The molecule has 0 amide bonds. The molecule has 1 aliphatic carbocycles. The zero-order valence-corrected chi connectivity index (χ0v) is 11.2. The minimum absolute atomic E-state index is 0.0482. The van der Waals surface area contributed by atoms with Gasteiger partial charge >= 0.3 is 6.18 Å². The van der Waals surface area contributed by atoms with E-state index in [9.17, 15) is 13.2 Å². The van der Waals surface area contributed by atoms with Crippen LogP contribution < -0.4 is 5.73 Å². The molecule has 112 valence electrons. The lowest BCUT2D eigenvalue weighted by molar-refractivity contribution is -0.137. The predicted molar refractivity (Wildman–Crippen MR) is 72.4 cm³/mol. The summed E-state index contributed by atoms with van der Waals surface area (Å²) >= 11 is 0. The van der Waals surface area contributed by atoms with Gasteiger partial charge in [0.15, 0.2) is 5.82 Å². The van der Waals surface area contributed by atoms with Crippen molar-refractivity contribution in [3.8, 4) is 11.4 Å². The van der Waals surface area contributed by atoms with Crippen molar-refractivity contribution in [2.75, 3.05) is 5.73 Å². The second kappa shape index (κ2) is 5.05. The molecule has 0 unspecified atom stereocenters. The summed E-state index contributed by atoms with van der Waals surface area (Å²) in [6, 6.07) is 3.39. The monoisotopic (exact) mass is 296 g/mol. The third-order valence-electron chi connectivity index (χ3n) is 3.79. The van der Waals surface area contributed by atoms with Crippen molar-refractivity contribution in [2.45, 2.75) is 37.8 Å². The molecule has 0 saturated heterocycles. The number of aromatic nitrogens is 3. The highest BCUT2D eigenvalue weighted by molar-refractivity contribution is 5.63. The smallest absolute Gasteiger partial charge is 0.399 e. The van der Waals surface area contributed by atoms with Gasteiger partial charge in [-0.15, -0.1) is 0 Å². The van der Waals surface area contributed by atoms with Crippen molar-refractivity contribution < 1.29 is 13.2 Å². The summed E-state index contributed by atoms with van der Waals surface area (Å²) in [5.74, 6) is 1.34. The molecule has 4 nitrogen and oxygen atoms in total. The first-order valence-electron chi connectivity index (χ1n) is 6.84. The molecule has 1 saturated carbocycles. The second-order valence-electron chi connectivity index (χ2n) is 5.37. The predicted octanol–water partition coefficient (Wildman–Crippen LogP) is 3.73. The molecule has 21 heavy (non-hydrogen) atoms. The van der Waals surface area contributed by atoms with Crippen molar-refractivity contribution in [3.63, 3.8) is 0 Å². The number of halogens is 3. The van der Waals surface area contributed by atoms with Gasteiger partial charge in [-0.3, -0.25) is 5.10 Å². The van der Waals surface area contributed by atoms with Crippen LogP contribution in [0, 0.1) is 0 Å². The number of nitrogens with two attached hydrogens (primary N) is 1. The van der Waals surface area contributed by atoms with E-state index in [-0.39, 0.29) is 17.1 Å². The van der Waals surface area contributed by atoms with Crippen LogP contribution in [-0.2, 0) is 6.18 Å². The van der Waals surface area contributed by atoms with Crippen molar-refractivity contribution in [3.05, 3.63) is 29.6 Å². The Hall–Kier alpha value is -2.05. The number of hydrogen-bond acceptors (Lipinski definition) is 3. The van der Waals surface area contributed by atoms with Crippen LogP contribution in [0.5, 0.6) is 0 Å². The maximum Gasteiger partial charge on any atom is 0.416 e. The quantitative estimate of drug-likeness (QED) is 0.830. The zero-order valence-electron chi connectivity index (χ0n) is 11.2. The van der Waals surface area contributed by atoms with Crippen LogP contribution in [0.3, 0.4) is 0 Å². The Labute approximate surface area is 119 Å². The Morgan fingerprint density at radius 2 is 1.86 bits per heavy atom. The molecular weight excluding hydrogens is 281 g/mol. The number of hydrogen-bond donors (Lipinski definition) is 2. The van der Waals surface area contributed by atoms with E-state index in [0.717, 1.165) is 43.6 Å². The Balaban J connectivity index is 1.95. The lowest BCUT2D eigenvalue weighted by Gasteiger charge is -2.09. The van der Waals surface area contributed by atoms with E-state index in [1.165, 1.54) is 6.07 Å². The fourth-order valence-corrected chi connectivity index (χ4v) is 2.73. The lowest BCUT2D eigenvalue weighted by Crippen LogP contribution is -2.06. The summed E-state index contributed by atoms with van der Waals surface area (Å²) < 4.78 is 38.4. The van der Waals surface area contributed by atoms with Gasteiger partial charge in [-0.25, -0.2) is 4.98 Å². The maximum atomic E-state index is 12.8. The number of aromatic amines is 1. The molecule has 3 N–H and O–H groups in total. The normalized spacial score (nSPS) is 16.5. The van der Waals surface area contributed by atoms with Crippen molar-refractivity contribution in [1.29, 1.82) is 0 Å². The van der Waals surface area contributed by atoms with Gasteiger partial charge in [0.1, 0.15) is 5.82 Å². The molecule has 7 heteroatoms. The highest BCUT2D eigenvalue weighted by atomic mass is 19.4. The van der Waals surface area contributed by atoms with Crippen LogP contribution in [-0.4, -0.2) is 15.2 Å². The van der Waals surface area contributed by atoms with Gasteiger partial charge < -0.3 is 5.73 Å². The summed E-state index contributed by atoms with van der Waals surface area (Å²) in [5.41, 5.74) is 5.10. The first-order valence-corrected chi connectivity index (χ1v) is 6.84. The van der Waals surface area contributed by atoms with E-state index in [2.05, 4.69) is 15.2 Å². The van der Waals surface area contributed by atoms with Crippen LogP contribution in [0.2, 0.25) is 0 Å². The molecule has 1 aliphatic rings. The van der Waals surface area contributed by atoms with Gasteiger partial charge in [-0.1, -0.05) is 12.8 Å². The van der Waals surface area contributed by atoms with Gasteiger partial charge in [0.05, 0.1) is 5.56 Å². The van der Waals surface area contributed by atoms with E-state index in [1.54, 1.807) is 0 Å². The molecule has 0 radical (unpaired) electrons. The molecule has 1 aromatic heterocycles. The average molecular weight is 296 g/mol. The topological polar surface area (TPSA) is 67.6 Å². The molecule has 0 bridgehead atoms. The molecule has 1 aromatic carbocycles. The van der Waals surface area contributed by atoms with E-state index in [4.69, 9.17) is 5.73 Å². The Bertz CT molecular complexity index is 642. The largest absolute Gasteiger partial charge is 0.416 e. The third-order valence-corrected chi connectivity index (χ3v) is 3.79. The highest BCUT2D eigenvalue weighted by Gasteiger charge is 2.31. The molecule has 0 spiro atoms. The van der Waals surface area contributed by atoms with Gasteiger partial charge in [0.2, 0.25) is 0 Å². The zero-order chi connectivity index (χ0) is 15.0. The molecule has 1 heterocycles. The number of benzene rings is 1. The summed E-state index contributed by atoms with van der Waals surface area (Å²) in [7, 11) is 0. The van der Waals surface area contributed by atoms with E-state index < -0.39 is 11.7 Å². The number of alkyl halides is 3. The Morgan fingerprint density at radius 3 is 2.52 bits per heavy atom. The van der Waals surface area contributed by atoms with Gasteiger partial charge in [0.25, 0.3) is 0 Å². The molecule has 0 atom stereocenters. The minimum Gasteiger partial charge on any atom is -0.399 e. The minimum atomic E-state index is -4.44. The number of rotatable bonds is 2. The summed E-state index contributed by atoms with van der Waals surface area (Å²) in [6.07, 6.45) is -0.0537. The van der Waals surface area contributed by atoms with Gasteiger partial charge in [-0.2, -0.15) is 18.3 Å². The molecule has 2 aromatic rings. The SMILES string of the molecule is Nc1cc(-c2n[nH]c(C3CCCC3)n2)cc(C(F)(F)F)c1. The van der Waals surface area contributed by atoms with E-state index in [0.29, 0.717) is 5.92 Å². The Morgan fingerprint density at radius 1 is 1.14 bits per heavy atom. The van der Waals surface area contributed by atoms with Crippen LogP contribution in [0.4, 0.5) is 18.9 Å². The van der Waals surface area contributed by atoms with E-state index in [1.807, 2.05) is 0 Å². The fraction of sp³-hybridized carbons (Fsp3) is 0.429. The Kier molecular flexibility index (Phi) is 3.35. The van der Waals surface area contributed by atoms with Crippen molar-refractivity contribution in [2.24, 2.45) is 0 Å². The van der Waals surface area contributed by atoms with Crippen molar-refractivity contribution in [1.82, 2.24) is 15.2 Å². The number of anilines is 1.